The summed E-state index contributed by atoms with van der Waals surface area (Å²) < 4.78 is 35.8. The Bertz CT molecular complexity index is 1100. The molecule has 3 rings (SSSR count). The van der Waals surface area contributed by atoms with Gasteiger partial charge in [-0.2, -0.15) is 13.5 Å². The molecule has 1 N–H and O–H groups in total. The Morgan fingerprint density at radius 3 is 2.45 bits per heavy atom. The molecule has 0 aliphatic rings. The van der Waals surface area contributed by atoms with Gasteiger partial charge in [-0.15, -0.1) is 0 Å². The van der Waals surface area contributed by atoms with Gasteiger partial charge in [-0.1, -0.05) is 54.1 Å². The molecule has 0 amide bonds. The van der Waals surface area contributed by atoms with Crippen LogP contribution in [0.4, 0.5) is 0 Å². The maximum absolute atomic E-state index is 12.3. The first-order chi connectivity index (χ1) is 14.0. The number of nitrogens with one attached hydrogen (secondary N) is 1. The van der Waals surface area contributed by atoms with Gasteiger partial charge in [0.05, 0.1) is 18.2 Å². The van der Waals surface area contributed by atoms with E-state index in [1.54, 1.807) is 42.5 Å². The molecule has 8 heteroatoms. The van der Waals surface area contributed by atoms with E-state index < -0.39 is 10.0 Å². The number of hydrogen-bond donors (Lipinski definition) is 1. The molecule has 6 nitrogen and oxygen atoms in total. The van der Waals surface area contributed by atoms with Gasteiger partial charge in [-0.25, -0.2) is 4.83 Å². The van der Waals surface area contributed by atoms with Gasteiger partial charge in [-0.05, 0) is 30.3 Å². The summed E-state index contributed by atoms with van der Waals surface area (Å²) in [5.41, 5.74) is 1.36. The second-order valence-electron chi connectivity index (χ2n) is 5.92. The van der Waals surface area contributed by atoms with Gasteiger partial charge < -0.3 is 9.47 Å². The lowest BCUT2D eigenvalue weighted by Gasteiger charge is -2.14. The van der Waals surface area contributed by atoms with Gasteiger partial charge in [0, 0.05) is 16.1 Å². The van der Waals surface area contributed by atoms with Crippen molar-refractivity contribution in [3.05, 3.63) is 88.9 Å². The Kier molecular flexibility index (Phi) is 6.74. The molecule has 0 saturated carbocycles. The summed E-state index contributed by atoms with van der Waals surface area (Å²) in [6.45, 7) is 0.219. The van der Waals surface area contributed by atoms with Gasteiger partial charge in [0.15, 0.2) is 11.5 Å². The summed E-state index contributed by atoms with van der Waals surface area (Å²) in [5, 5.41) is 4.46. The lowest BCUT2D eigenvalue weighted by molar-refractivity contribution is 0.284. The van der Waals surface area contributed by atoms with Crippen molar-refractivity contribution in [2.24, 2.45) is 5.10 Å². The maximum Gasteiger partial charge on any atom is 0.276 e. The topological polar surface area (TPSA) is 77.0 Å². The van der Waals surface area contributed by atoms with Crippen LogP contribution in [0.5, 0.6) is 11.5 Å². The molecular formula is C21H19ClN2O4S. The molecule has 0 saturated heterocycles. The third-order valence-corrected chi connectivity index (χ3v) is 5.60. The fraction of sp³-hybridized carbons (Fsp3) is 0.0952. The molecule has 150 valence electrons. The van der Waals surface area contributed by atoms with Crippen LogP contribution in [-0.2, 0) is 16.6 Å². The zero-order chi connectivity index (χ0) is 20.7. The van der Waals surface area contributed by atoms with Crippen molar-refractivity contribution in [1.29, 1.82) is 0 Å². The summed E-state index contributed by atoms with van der Waals surface area (Å²) in [6.07, 6.45) is 1.37. The number of nitrogens with zero attached hydrogens (tertiary/aromatic N) is 1. The lowest BCUT2D eigenvalue weighted by Crippen LogP contribution is -2.18. The first kappa shape index (κ1) is 20.7. The van der Waals surface area contributed by atoms with Crippen LogP contribution < -0.4 is 14.3 Å². The molecule has 0 fully saturated rings. The molecule has 3 aromatic rings. The summed E-state index contributed by atoms with van der Waals surface area (Å²) in [7, 11) is -2.23. The molecule has 0 aliphatic heterocycles. The largest absolute Gasteiger partial charge is 0.493 e. The van der Waals surface area contributed by atoms with Gasteiger partial charge >= 0.3 is 0 Å². The van der Waals surface area contributed by atoms with Crippen LogP contribution >= 0.6 is 11.6 Å². The second-order valence-corrected chi connectivity index (χ2v) is 7.99. The molecule has 0 atom stereocenters. The zero-order valence-corrected chi connectivity index (χ0v) is 17.2. The van der Waals surface area contributed by atoms with E-state index in [2.05, 4.69) is 9.93 Å². The van der Waals surface area contributed by atoms with Crippen molar-refractivity contribution >= 4 is 27.8 Å². The summed E-state index contributed by atoms with van der Waals surface area (Å²) >= 11 is 6.18. The van der Waals surface area contributed by atoms with E-state index in [0.29, 0.717) is 22.1 Å². The molecular weight excluding hydrogens is 412 g/mol. The molecule has 0 heterocycles. The fourth-order valence-electron chi connectivity index (χ4n) is 2.53. The van der Waals surface area contributed by atoms with Crippen LogP contribution in [0.2, 0.25) is 5.02 Å². The molecule has 0 radical (unpaired) electrons. The highest BCUT2D eigenvalue weighted by Gasteiger charge is 2.13. The maximum atomic E-state index is 12.3. The van der Waals surface area contributed by atoms with E-state index in [-0.39, 0.29) is 11.5 Å². The first-order valence-corrected chi connectivity index (χ1v) is 10.5. The minimum atomic E-state index is -3.76. The quantitative estimate of drug-likeness (QED) is 0.428. The Morgan fingerprint density at radius 2 is 1.72 bits per heavy atom. The van der Waals surface area contributed by atoms with Gasteiger partial charge in [0.2, 0.25) is 0 Å². The predicted molar refractivity (Wildman–Crippen MR) is 113 cm³/mol. The molecule has 3 aromatic carbocycles. The standard InChI is InChI=1S/C21H19ClN2O4S/c1-27-20-13-7-9-16(21(20)28-15-17-8-5-6-12-19(17)22)14-23-24-29(25,26)18-10-3-2-4-11-18/h2-14,24H,15H2,1H3. The average Bonchev–Trinajstić information content (AvgIpc) is 2.74. The fourth-order valence-corrected chi connectivity index (χ4v) is 3.54. The normalized spacial score (nSPS) is 11.4. The highest BCUT2D eigenvalue weighted by atomic mass is 35.5. The molecule has 0 spiro atoms. The van der Waals surface area contributed by atoms with Crippen molar-refractivity contribution in [3.63, 3.8) is 0 Å². The number of halogens is 1. The number of sulfonamides is 1. The van der Waals surface area contributed by atoms with E-state index in [1.165, 1.54) is 25.5 Å². The minimum Gasteiger partial charge on any atom is -0.493 e. The van der Waals surface area contributed by atoms with Crippen LogP contribution in [0, 0.1) is 0 Å². The number of para-hydroxylation sites is 1. The number of hydrogen-bond acceptors (Lipinski definition) is 5. The van der Waals surface area contributed by atoms with Gasteiger partial charge in [0.25, 0.3) is 10.0 Å². The van der Waals surface area contributed by atoms with E-state index in [4.69, 9.17) is 21.1 Å². The van der Waals surface area contributed by atoms with E-state index in [0.717, 1.165) is 5.56 Å². The minimum absolute atomic E-state index is 0.123. The highest BCUT2D eigenvalue weighted by Crippen LogP contribution is 2.31. The molecule has 0 aliphatic carbocycles. The zero-order valence-electron chi connectivity index (χ0n) is 15.6. The van der Waals surface area contributed by atoms with Crippen molar-refractivity contribution in [3.8, 4) is 11.5 Å². The SMILES string of the molecule is COc1cccc(C=NNS(=O)(=O)c2ccccc2)c1OCc1ccccc1Cl. The van der Waals surface area contributed by atoms with Crippen molar-refractivity contribution in [2.75, 3.05) is 7.11 Å². The lowest BCUT2D eigenvalue weighted by atomic mass is 10.2. The Hall–Kier alpha value is -3.03. The summed E-state index contributed by atoms with van der Waals surface area (Å²) in [6, 6.07) is 20.6. The Morgan fingerprint density at radius 1 is 1.00 bits per heavy atom. The van der Waals surface area contributed by atoms with Gasteiger partial charge in [-0.3, -0.25) is 0 Å². The molecule has 29 heavy (non-hydrogen) atoms. The first-order valence-electron chi connectivity index (χ1n) is 8.64. The van der Waals surface area contributed by atoms with Crippen LogP contribution in [-0.4, -0.2) is 21.7 Å². The Labute approximate surface area is 174 Å². The summed E-state index contributed by atoms with van der Waals surface area (Å²) in [4.78, 5) is 2.32. The third kappa shape index (κ3) is 5.28. The van der Waals surface area contributed by atoms with Crippen LogP contribution in [0.3, 0.4) is 0 Å². The number of benzene rings is 3. The monoisotopic (exact) mass is 430 g/mol. The van der Waals surface area contributed by atoms with Crippen LogP contribution in [0.1, 0.15) is 11.1 Å². The number of rotatable bonds is 8. The van der Waals surface area contributed by atoms with Crippen LogP contribution in [0.15, 0.2) is 82.8 Å². The van der Waals surface area contributed by atoms with Gasteiger partial charge in [0.1, 0.15) is 6.61 Å². The van der Waals surface area contributed by atoms with Crippen molar-refractivity contribution in [1.82, 2.24) is 4.83 Å². The smallest absolute Gasteiger partial charge is 0.276 e. The van der Waals surface area contributed by atoms with E-state index in [1.807, 2.05) is 18.2 Å². The second kappa shape index (κ2) is 9.45. The highest BCUT2D eigenvalue weighted by molar-refractivity contribution is 7.89. The average molecular weight is 431 g/mol. The molecule has 0 bridgehead atoms. The van der Waals surface area contributed by atoms with Crippen LogP contribution in [0.25, 0.3) is 0 Å². The van der Waals surface area contributed by atoms with Crippen molar-refractivity contribution < 1.29 is 17.9 Å². The predicted octanol–water partition coefficient (Wildman–Crippen LogP) is 4.24. The number of ether oxygens (including phenoxy) is 2. The van der Waals surface area contributed by atoms with Crippen molar-refractivity contribution in [2.45, 2.75) is 11.5 Å². The van der Waals surface area contributed by atoms with E-state index >= 15 is 0 Å². The third-order valence-electron chi connectivity index (χ3n) is 3.99. The summed E-state index contributed by atoms with van der Waals surface area (Å²) in [5.74, 6) is 0.921. The Balaban J connectivity index is 1.80. The number of methoxy groups -OCH3 is 1. The molecule has 0 aromatic heterocycles. The van der Waals surface area contributed by atoms with E-state index in [9.17, 15) is 8.42 Å². The molecule has 0 unspecified atom stereocenters. The number of hydrazone groups is 1.